The van der Waals surface area contributed by atoms with Gasteiger partial charge in [-0.3, -0.25) is 4.79 Å². The van der Waals surface area contributed by atoms with Crippen LogP contribution in [0.4, 0.5) is 0 Å². The molecule has 0 spiro atoms. The Labute approximate surface area is 109 Å². The molecule has 2 rings (SSSR count). The molecule has 1 saturated carbocycles. The first kappa shape index (κ1) is 13.1. The van der Waals surface area contributed by atoms with Gasteiger partial charge in [0.15, 0.2) is 0 Å². The predicted molar refractivity (Wildman–Crippen MR) is 73.2 cm³/mol. The predicted octanol–water partition coefficient (Wildman–Crippen LogP) is 2.46. The average molecular weight is 246 g/mol. The average Bonchev–Trinajstić information content (AvgIpc) is 3.17. The van der Waals surface area contributed by atoms with Crippen LogP contribution in [0.1, 0.15) is 48.5 Å². The van der Waals surface area contributed by atoms with Crippen molar-refractivity contribution in [2.45, 2.75) is 39.2 Å². The molecule has 0 saturated heterocycles. The van der Waals surface area contributed by atoms with Crippen LogP contribution in [0.15, 0.2) is 24.3 Å². The van der Waals surface area contributed by atoms with E-state index in [0.29, 0.717) is 12.0 Å². The molecule has 1 aliphatic carbocycles. The zero-order valence-corrected chi connectivity index (χ0v) is 11.0. The summed E-state index contributed by atoms with van der Waals surface area (Å²) in [5.41, 5.74) is 7.71. The molecule has 0 unspecified atom stereocenters. The van der Waals surface area contributed by atoms with Gasteiger partial charge < -0.3 is 11.1 Å². The van der Waals surface area contributed by atoms with Crippen LogP contribution in [-0.2, 0) is 6.54 Å². The molecule has 3 nitrogen and oxygen atoms in total. The van der Waals surface area contributed by atoms with Crippen molar-refractivity contribution in [3.63, 3.8) is 0 Å². The highest BCUT2D eigenvalue weighted by Crippen LogP contribution is 2.48. The van der Waals surface area contributed by atoms with Crippen molar-refractivity contribution in [2.75, 3.05) is 6.54 Å². The van der Waals surface area contributed by atoms with Crippen molar-refractivity contribution in [2.24, 2.45) is 11.1 Å². The van der Waals surface area contributed by atoms with Gasteiger partial charge in [-0.2, -0.15) is 0 Å². The summed E-state index contributed by atoms with van der Waals surface area (Å²) >= 11 is 0. The Kier molecular flexibility index (Phi) is 4.02. The highest BCUT2D eigenvalue weighted by Gasteiger charge is 2.41. The number of carbonyl (C=O) groups excluding carboxylic acids is 1. The van der Waals surface area contributed by atoms with Crippen LogP contribution in [0.25, 0.3) is 0 Å². The highest BCUT2D eigenvalue weighted by atomic mass is 16.1. The quantitative estimate of drug-likeness (QED) is 0.810. The number of carbonyl (C=O) groups is 1. The molecule has 3 heteroatoms. The molecule has 0 radical (unpaired) electrons. The fourth-order valence-electron chi connectivity index (χ4n) is 2.38. The normalized spacial score (nSPS) is 16.3. The van der Waals surface area contributed by atoms with Crippen molar-refractivity contribution in [1.82, 2.24) is 5.32 Å². The van der Waals surface area contributed by atoms with Gasteiger partial charge in [0.2, 0.25) is 0 Å². The van der Waals surface area contributed by atoms with Crippen LogP contribution in [0.3, 0.4) is 0 Å². The molecule has 1 aromatic rings. The third-order valence-corrected chi connectivity index (χ3v) is 3.81. The van der Waals surface area contributed by atoms with E-state index in [1.165, 1.54) is 25.7 Å². The summed E-state index contributed by atoms with van der Waals surface area (Å²) in [5, 5.41) is 3.05. The Balaban J connectivity index is 1.87. The van der Waals surface area contributed by atoms with E-state index < -0.39 is 0 Å². The third-order valence-electron chi connectivity index (χ3n) is 3.81. The number of nitrogens with two attached hydrogens (primary N) is 1. The summed E-state index contributed by atoms with van der Waals surface area (Å²) < 4.78 is 0. The van der Waals surface area contributed by atoms with Crippen LogP contribution < -0.4 is 11.1 Å². The van der Waals surface area contributed by atoms with E-state index in [1.54, 1.807) is 0 Å². The van der Waals surface area contributed by atoms with E-state index >= 15 is 0 Å². The molecule has 0 aromatic heterocycles. The molecule has 0 heterocycles. The topological polar surface area (TPSA) is 55.1 Å². The van der Waals surface area contributed by atoms with Gasteiger partial charge in [-0.1, -0.05) is 25.5 Å². The number of benzene rings is 1. The van der Waals surface area contributed by atoms with Crippen molar-refractivity contribution >= 4 is 5.91 Å². The molecule has 3 N–H and O–H groups in total. The molecular weight excluding hydrogens is 224 g/mol. The number of nitrogens with one attached hydrogen (secondary N) is 1. The number of amides is 1. The lowest BCUT2D eigenvalue weighted by Crippen LogP contribution is -2.30. The fourth-order valence-corrected chi connectivity index (χ4v) is 2.38. The van der Waals surface area contributed by atoms with Gasteiger partial charge in [0, 0.05) is 18.7 Å². The van der Waals surface area contributed by atoms with Crippen molar-refractivity contribution in [1.29, 1.82) is 0 Å². The Morgan fingerprint density at radius 3 is 2.50 bits per heavy atom. The molecule has 1 aromatic carbocycles. The van der Waals surface area contributed by atoms with Gasteiger partial charge in [0.1, 0.15) is 0 Å². The molecule has 1 amide bonds. The first-order chi connectivity index (χ1) is 8.69. The van der Waals surface area contributed by atoms with Crippen molar-refractivity contribution in [3.05, 3.63) is 35.4 Å². The van der Waals surface area contributed by atoms with Crippen LogP contribution >= 0.6 is 0 Å². The minimum absolute atomic E-state index is 0.0287. The number of hydrogen-bond acceptors (Lipinski definition) is 2. The number of hydrogen-bond donors (Lipinski definition) is 2. The Morgan fingerprint density at radius 2 is 2.00 bits per heavy atom. The maximum absolute atomic E-state index is 12.0. The van der Waals surface area contributed by atoms with Gasteiger partial charge in [-0.25, -0.2) is 0 Å². The summed E-state index contributed by atoms with van der Waals surface area (Å²) in [5.74, 6) is 0.0287. The Hall–Kier alpha value is -1.35. The SMILES string of the molecule is CCCC1(CNC(=O)c2ccc(CN)cc2)CC1. The second-order valence-electron chi connectivity index (χ2n) is 5.33. The maximum atomic E-state index is 12.0. The van der Waals surface area contributed by atoms with E-state index in [-0.39, 0.29) is 5.91 Å². The van der Waals surface area contributed by atoms with Crippen LogP contribution in [0.2, 0.25) is 0 Å². The number of rotatable bonds is 6. The van der Waals surface area contributed by atoms with E-state index in [1.807, 2.05) is 24.3 Å². The van der Waals surface area contributed by atoms with Gasteiger partial charge >= 0.3 is 0 Å². The van der Waals surface area contributed by atoms with Gasteiger partial charge in [0.25, 0.3) is 5.91 Å². The zero-order valence-electron chi connectivity index (χ0n) is 11.0. The van der Waals surface area contributed by atoms with Gasteiger partial charge in [-0.15, -0.1) is 0 Å². The Morgan fingerprint density at radius 1 is 1.33 bits per heavy atom. The summed E-state index contributed by atoms with van der Waals surface area (Å²) in [7, 11) is 0. The third kappa shape index (κ3) is 3.10. The van der Waals surface area contributed by atoms with E-state index in [4.69, 9.17) is 5.73 Å². The zero-order chi connectivity index (χ0) is 13.0. The molecule has 0 bridgehead atoms. The van der Waals surface area contributed by atoms with E-state index in [0.717, 1.165) is 17.7 Å². The lowest BCUT2D eigenvalue weighted by molar-refractivity contribution is 0.0943. The van der Waals surface area contributed by atoms with Gasteiger partial charge in [-0.05, 0) is 42.4 Å². The summed E-state index contributed by atoms with van der Waals surface area (Å²) in [4.78, 5) is 12.0. The standard InChI is InChI=1S/C15H22N2O/c1-2-7-15(8-9-15)11-17-14(18)13-5-3-12(10-16)4-6-13/h3-6H,2,7-11,16H2,1H3,(H,17,18). The highest BCUT2D eigenvalue weighted by molar-refractivity contribution is 5.94. The summed E-state index contributed by atoms with van der Waals surface area (Å²) in [6.07, 6.45) is 4.93. The first-order valence-corrected chi connectivity index (χ1v) is 6.76. The van der Waals surface area contributed by atoms with Crippen LogP contribution in [-0.4, -0.2) is 12.5 Å². The molecule has 1 aliphatic rings. The lowest BCUT2D eigenvalue weighted by Gasteiger charge is -2.14. The largest absolute Gasteiger partial charge is 0.351 e. The fraction of sp³-hybridized carbons (Fsp3) is 0.533. The lowest BCUT2D eigenvalue weighted by atomic mass is 10.0. The van der Waals surface area contributed by atoms with Crippen LogP contribution in [0.5, 0.6) is 0 Å². The molecular formula is C15H22N2O. The van der Waals surface area contributed by atoms with Gasteiger partial charge in [0.05, 0.1) is 0 Å². The van der Waals surface area contributed by atoms with Crippen LogP contribution in [0, 0.1) is 5.41 Å². The second-order valence-corrected chi connectivity index (χ2v) is 5.33. The van der Waals surface area contributed by atoms with E-state index in [2.05, 4.69) is 12.2 Å². The molecule has 98 valence electrons. The maximum Gasteiger partial charge on any atom is 0.251 e. The summed E-state index contributed by atoms with van der Waals surface area (Å²) in [6, 6.07) is 7.51. The van der Waals surface area contributed by atoms with E-state index in [9.17, 15) is 4.79 Å². The second kappa shape index (κ2) is 5.53. The monoisotopic (exact) mass is 246 g/mol. The molecule has 1 fully saturated rings. The first-order valence-electron chi connectivity index (χ1n) is 6.76. The summed E-state index contributed by atoms with van der Waals surface area (Å²) in [6.45, 7) is 3.53. The smallest absolute Gasteiger partial charge is 0.251 e. The molecule has 18 heavy (non-hydrogen) atoms. The minimum Gasteiger partial charge on any atom is -0.351 e. The molecule has 0 atom stereocenters. The van der Waals surface area contributed by atoms with Crippen molar-refractivity contribution in [3.8, 4) is 0 Å². The molecule has 0 aliphatic heterocycles. The minimum atomic E-state index is 0.0287. The van der Waals surface area contributed by atoms with Crippen molar-refractivity contribution < 1.29 is 4.79 Å². The Bertz CT molecular complexity index is 407.